The van der Waals surface area contributed by atoms with Crippen molar-refractivity contribution in [2.24, 2.45) is 0 Å². The van der Waals surface area contributed by atoms with E-state index in [1.165, 1.54) is 218 Å². The lowest BCUT2D eigenvalue weighted by atomic mass is 9.55. The molecule has 0 spiro atoms. The minimum Gasteiger partial charge on any atom is -0.116 e. The summed E-state index contributed by atoms with van der Waals surface area (Å²) < 4.78 is 0. The second kappa shape index (κ2) is 16.5. The molecule has 0 fully saturated rings. The lowest BCUT2D eigenvalue weighted by Crippen LogP contribution is -2.63. The van der Waals surface area contributed by atoms with E-state index in [0.29, 0.717) is 0 Å². The monoisotopic (exact) mass is 845 g/mol. The van der Waals surface area contributed by atoms with Crippen LogP contribution in [0.5, 0.6) is 0 Å². The SMILES string of the molecule is BC1=C(B)C(B)c2c1c(-c1c3c(B)c(B)c(B)c(B)c3c(C3C(B)=c4c(B)c(B)c(B)c(B)c4=C3B)c3c(B)c(B)c(B)c(B)c13)c(B)c(B)c2-c1c(B)c(B)c2c(B)c(B)c(B)c(B)c2c1B. The van der Waals surface area contributed by atoms with Gasteiger partial charge in [0.1, 0.15) is 204 Å². The van der Waals surface area contributed by atoms with Crippen molar-refractivity contribution in [1.82, 2.24) is 0 Å². The van der Waals surface area contributed by atoms with E-state index < -0.39 is 0 Å². The third kappa shape index (κ3) is 6.12. The van der Waals surface area contributed by atoms with E-state index in [9.17, 15) is 0 Å². The molecule has 0 amide bonds. The predicted octanol–water partition coefficient (Wildman–Crippen LogP) is -32.2. The summed E-state index contributed by atoms with van der Waals surface area (Å²) in [5.41, 5.74) is 46.4. The largest absolute Gasteiger partial charge is 0.140 e. The zero-order chi connectivity index (χ0) is 50.2. The third-order valence-electron chi connectivity index (χ3n) is 20.4. The summed E-state index contributed by atoms with van der Waals surface area (Å²) >= 11 is 0. The summed E-state index contributed by atoms with van der Waals surface area (Å²) in [6.07, 6.45) is 0. The molecule has 0 saturated heterocycles. The highest BCUT2D eigenvalue weighted by molar-refractivity contribution is 6.75. The average Bonchev–Trinajstić information content (AvgIpc) is 3.69. The Morgan fingerprint density at radius 2 is 0.515 bits per heavy atom. The van der Waals surface area contributed by atoms with Gasteiger partial charge in [-0.05, 0) is 87.5 Å². The van der Waals surface area contributed by atoms with Crippen molar-refractivity contribution in [2.45, 2.75) is 11.7 Å². The normalized spacial score (nSPS) is 14.8. The highest BCUT2D eigenvalue weighted by atomic mass is 14.4. The Balaban J connectivity index is 1.57. The van der Waals surface area contributed by atoms with E-state index in [0.717, 1.165) is 0 Å². The average molecular weight is 840 g/mol. The molecule has 300 valence electrons. The summed E-state index contributed by atoms with van der Waals surface area (Å²) in [5, 5.41) is 11.8. The molecule has 2 aliphatic carbocycles. The van der Waals surface area contributed by atoms with Crippen LogP contribution in [0.15, 0.2) is 5.47 Å². The molecular formula is C42H54B26. The second-order valence-corrected chi connectivity index (χ2v) is 22.7. The number of benzene rings is 7. The first-order chi connectivity index (χ1) is 31.7. The van der Waals surface area contributed by atoms with Crippen LogP contribution in [-0.4, -0.2) is 204 Å². The fourth-order valence-electron chi connectivity index (χ4n) is 14.7. The molecule has 68 heavy (non-hydrogen) atoms. The predicted molar refractivity (Wildman–Crippen MR) is 389 cm³/mol. The molecule has 7 aromatic rings. The topological polar surface area (TPSA) is 0 Å². The summed E-state index contributed by atoms with van der Waals surface area (Å²) in [7, 11) is 62.7. The molecule has 1 atom stereocenters. The van der Waals surface area contributed by atoms with Gasteiger partial charge >= 0.3 is 0 Å². The van der Waals surface area contributed by atoms with E-state index in [1.54, 1.807) is 0 Å². The first kappa shape index (κ1) is 49.5. The van der Waals surface area contributed by atoms with Gasteiger partial charge in [0.05, 0.1) is 0 Å². The van der Waals surface area contributed by atoms with Crippen LogP contribution < -0.4 is 125 Å². The van der Waals surface area contributed by atoms with E-state index >= 15 is 0 Å². The zero-order valence-electron chi connectivity index (χ0n) is 47.2. The van der Waals surface area contributed by atoms with Crippen molar-refractivity contribution >= 4 is 367 Å². The van der Waals surface area contributed by atoms with E-state index in [2.05, 4.69) is 204 Å². The van der Waals surface area contributed by atoms with Gasteiger partial charge in [-0.1, -0.05) is 87.4 Å². The highest BCUT2D eigenvalue weighted by Gasteiger charge is 2.37. The molecule has 0 bridgehead atoms. The van der Waals surface area contributed by atoms with E-state index in [1.807, 2.05) is 0 Å². The Bertz CT molecular complexity index is 3680. The third-order valence-corrected chi connectivity index (χ3v) is 20.4. The van der Waals surface area contributed by atoms with Gasteiger partial charge in [0.2, 0.25) is 0 Å². The summed E-state index contributed by atoms with van der Waals surface area (Å²) in [6.45, 7) is 0. The molecule has 2 aliphatic rings. The lowest BCUT2D eigenvalue weighted by Gasteiger charge is -2.34. The van der Waals surface area contributed by atoms with E-state index in [4.69, 9.17) is 0 Å². The molecule has 0 nitrogen and oxygen atoms in total. The van der Waals surface area contributed by atoms with Gasteiger partial charge < -0.3 is 0 Å². The standard InChI is InChI=1S/C42H54B26/c43-17-11(18(44)14-13(17)30(56)39(65)40(66)31(14)57)2-6-3(22(48)35(61)37(63)24(6)50)1(4-7(2)25(51)38(64)36(62)23(4)49)5-8-9(27(53)34(60)26(8)52)10(21(47)20(5)46)12-19(45)15-16(29(55)28(12)54)33(59)42(68)41(67)32(15)58/h11,27H,43-68H2. The molecule has 0 aromatic heterocycles. The molecule has 0 heterocycles. The van der Waals surface area contributed by atoms with Crippen LogP contribution in [0.2, 0.25) is 0 Å². The minimum atomic E-state index is 0.171. The van der Waals surface area contributed by atoms with Crippen molar-refractivity contribution in [3.05, 3.63) is 32.6 Å². The number of hydrogen-bond donors (Lipinski definition) is 0. The van der Waals surface area contributed by atoms with Crippen LogP contribution in [0, 0.1) is 0 Å². The van der Waals surface area contributed by atoms with Gasteiger partial charge in [0.25, 0.3) is 0 Å². The molecule has 0 aliphatic heterocycles. The molecule has 1 unspecified atom stereocenters. The van der Waals surface area contributed by atoms with Gasteiger partial charge in [-0.15, -0.1) is 49.2 Å². The molecule has 0 radical (unpaired) electrons. The van der Waals surface area contributed by atoms with Crippen LogP contribution in [-0.2, 0) is 0 Å². The Morgan fingerprint density at radius 1 is 0.206 bits per heavy atom. The van der Waals surface area contributed by atoms with Gasteiger partial charge in [0, 0.05) is 5.92 Å². The van der Waals surface area contributed by atoms with Crippen molar-refractivity contribution in [2.75, 3.05) is 0 Å². The Hall–Kier alpha value is -3.51. The first-order valence-electron chi connectivity index (χ1n) is 25.8. The van der Waals surface area contributed by atoms with E-state index in [-0.39, 0.29) is 11.7 Å². The summed E-state index contributed by atoms with van der Waals surface area (Å²) in [6, 6.07) is 0. The number of hydrogen-bond acceptors (Lipinski definition) is 0. The molecule has 7 aromatic carbocycles. The second-order valence-electron chi connectivity index (χ2n) is 22.7. The van der Waals surface area contributed by atoms with Crippen molar-refractivity contribution < 1.29 is 0 Å². The molecule has 0 saturated carbocycles. The maximum Gasteiger partial charge on any atom is 0.140 e. The lowest BCUT2D eigenvalue weighted by molar-refractivity contribution is 1.23. The van der Waals surface area contributed by atoms with Crippen LogP contribution in [0.4, 0.5) is 0 Å². The van der Waals surface area contributed by atoms with Crippen LogP contribution in [0.25, 0.3) is 71.0 Å². The Labute approximate surface area is 431 Å². The van der Waals surface area contributed by atoms with Gasteiger partial charge in [-0.3, -0.25) is 0 Å². The summed E-state index contributed by atoms with van der Waals surface area (Å²) in [4.78, 5) is 0. The maximum absolute atomic E-state index is 2.50. The zero-order valence-corrected chi connectivity index (χ0v) is 47.2. The van der Waals surface area contributed by atoms with Crippen LogP contribution >= 0.6 is 0 Å². The smallest absolute Gasteiger partial charge is 0.116 e. The Morgan fingerprint density at radius 3 is 0.926 bits per heavy atom. The minimum absolute atomic E-state index is 0.171. The van der Waals surface area contributed by atoms with Gasteiger partial charge in [0.15, 0.2) is 0 Å². The van der Waals surface area contributed by atoms with Crippen molar-refractivity contribution in [3.63, 3.8) is 0 Å². The highest BCUT2D eigenvalue weighted by Crippen LogP contribution is 2.49. The van der Waals surface area contributed by atoms with Gasteiger partial charge in [-0.2, -0.15) is 0 Å². The summed E-state index contributed by atoms with van der Waals surface area (Å²) in [5.74, 6) is 0.459. The van der Waals surface area contributed by atoms with Crippen molar-refractivity contribution in [3.8, 4) is 22.3 Å². The fourth-order valence-corrected chi connectivity index (χ4v) is 14.7. The first-order valence-corrected chi connectivity index (χ1v) is 25.8. The number of fused-ring (bicyclic) bond motifs is 5. The van der Waals surface area contributed by atoms with Crippen LogP contribution in [0.3, 0.4) is 0 Å². The Kier molecular flexibility index (Phi) is 12.0. The maximum atomic E-state index is 2.50. The molecule has 9 rings (SSSR count). The number of allylic oxidation sites excluding steroid dienone is 1. The van der Waals surface area contributed by atoms with Crippen molar-refractivity contribution in [1.29, 1.82) is 0 Å². The molecule has 26 heteroatoms. The molecular weight excluding hydrogens is 786 g/mol. The number of rotatable bonds is 3. The van der Waals surface area contributed by atoms with Crippen LogP contribution in [0.1, 0.15) is 28.4 Å². The quantitative estimate of drug-likeness (QED) is 0.123. The fraction of sp³-hybridized carbons (Fsp3) is 0.0476. The van der Waals surface area contributed by atoms with Gasteiger partial charge in [-0.25, -0.2) is 0 Å². The molecule has 0 N–H and O–H groups in total.